The summed E-state index contributed by atoms with van der Waals surface area (Å²) in [4.78, 5) is 12.4. The van der Waals surface area contributed by atoms with Gasteiger partial charge in [0.05, 0.1) is 4.90 Å². The number of carbonyl (C=O) groups excluding carboxylic acids is 1. The maximum absolute atomic E-state index is 12.8. The van der Waals surface area contributed by atoms with Gasteiger partial charge in [0.15, 0.2) is 0 Å². The van der Waals surface area contributed by atoms with Gasteiger partial charge in [-0.25, -0.2) is 8.42 Å². The van der Waals surface area contributed by atoms with E-state index in [0.717, 1.165) is 11.1 Å². The average Bonchev–Trinajstić information content (AvgIpc) is 2.63. The molecule has 0 aliphatic rings. The zero-order valence-corrected chi connectivity index (χ0v) is 17.0. The number of sulfonamides is 1. The van der Waals surface area contributed by atoms with Crippen LogP contribution in [0.15, 0.2) is 53.4 Å². The van der Waals surface area contributed by atoms with E-state index in [1.807, 2.05) is 31.2 Å². The van der Waals surface area contributed by atoms with Crippen molar-refractivity contribution in [2.75, 3.05) is 18.4 Å². The summed E-state index contributed by atoms with van der Waals surface area (Å²) in [5, 5.41) is 2.73. The molecule has 0 aliphatic heterocycles. The molecular formula is C21H26N2O3S. The molecule has 0 aromatic heterocycles. The summed E-state index contributed by atoms with van der Waals surface area (Å²) >= 11 is 0. The van der Waals surface area contributed by atoms with Crippen LogP contribution in [0.5, 0.6) is 0 Å². The highest BCUT2D eigenvalue weighted by Gasteiger charge is 2.23. The zero-order valence-electron chi connectivity index (χ0n) is 16.2. The van der Waals surface area contributed by atoms with Gasteiger partial charge in [-0.3, -0.25) is 4.79 Å². The van der Waals surface area contributed by atoms with E-state index in [1.165, 1.54) is 16.4 Å². The van der Waals surface area contributed by atoms with Gasteiger partial charge in [0.1, 0.15) is 0 Å². The Bertz CT molecular complexity index is 928. The number of hydrogen-bond donors (Lipinski definition) is 1. The summed E-state index contributed by atoms with van der Waals surface area (Å²) in [7, 11) is -3.59. The van der Waals surface area contributed by atoms with Crippen LogP contribution in [0.4, 0.5) is 5.69 Å². The van der Waals surface area contributed by atoms with Crippen molar-refractivity contribution in [2.45, 2.75) is 32.6 Å². The minimum absolute atomic E-state index is 0.214. The Kier molecular flexibility index (Phi) is 6.93. The lowest BCUT2D eigenvalue weighted by Crippen LogP contribution is -2.31. The van der Waals surface area contributed by atoms with E-state index in [9.17, 15) is 13.2 Å². The quantitative estimate of drug-likeness (QED) is 0.732. The number of rotatable bonds is 7. The standard InChI is InChI=1S/C21H26N2O3S/c1-5-23(6-2)27(25,26)20-15-19(13-9-17(20)4)22-21(24)14-12-18-10-7-16(3)8-11-18/h7-15H,5-6H2,1-4H3,(H,22,24)/b14-12+. The summed E-state index contributed by atoms with van der Waals surface area (Å²) < 4.78 is 27.0. The van der Waals surface area contributed by atoms with E-state index in [0.29, 0.717) is 24.3 Å². The van der Waals surface area contributed by atoms with E-state index in [1.54, 1.807) is 39.0 Å². The minimum Gasteiger partial charge on any atom is -0.322 e. The van der Waals surface area contributed by atoms with Gasteiger partial charge in [-0.1, -0.05) is 49.7 Å². The number of nitrogens with one attached hydrogen (secondary N) is 1. The van der Waals surface area contributed by atoms with E-state index in [2.05, 4.69) is 5.32 Å². The number of carbonyl (C=O) groups is 1. The van der Waals surface area contributed by atoms with Crippen molar-refractivity contribution >= 4 is 27.7 Å². The second-order valence-electron chi connectivity index (χ2n) is 6.30. The zero-order chi connectivity index (χ0) is 20.0. The highest BCUT2D eigenvalue weighted by atomic mass is 32.2. The Morgan fingerprint density at radius 3 is 2.26 bits per heavy atom. The highest BCUT2D eigenvalue weighted by molar-refractivity contribution is 7.89. The van der Waals surface area contributed by atoms with Crippen LogP contribution < -0.4 is 5.32 Å². The normalized spacial score (nSPS) is 11.9. The van der Waals surface area contributed by atoms with Crippen molar-refractivity contribution in [1.29, 1.82) is 0 Å². The molecule has 0 bridgehead atoms. The second kappa shape index (κ2) is 8.97. The first-order valence-electron chi connectivity index (χ1n) is 8.94. The number of benzene rings is 2. The van der Waals surface area contributed by atoms with Gasteiger partial charge in [-0.05, 0) is 43.2 Å². The average molecular weight is 387 g/mol. The predicted molar refractivity (Wildman–Crippen MR) is 110 cm³/mol. The van der Waals surface area contributed by atoms with Crippen LogP contribution in [0.2, 0.25) is 0 Å². The van der Waals surface area contributed by atoms with Gasteiger partial charge < -0.3 is 5.32 Å². The number of aryl methyl sites for hydroxylation is 2. The molecule has 0 spiro atoms. The molecule has 0 saturated heterocycles. The van der Waals surface area contributed by atoms with Crippen molar-refractivity contribution in [3.8, 4) is 0 Å². The van der Waals surface area contributed by atoms with Crippen LogP contribution in [-0.2, 0) is 14.8 Å². The van der Waals surface area contributed by atoms with Gasteiger partial charge in [-0.15, -0.1) is 0 Å². The molecule has 144 valence electrons. The Morgan fingerprint density at radius 2 is 1.67 bits per heavy atom. The highest BCUT2D eigenvalue weighted by Crippen LogP contribution is 2.23. The molecule has 1 amide bonds. The van der Waals surface area contributed by atoms with E-state index < -0.39 is 10.0 Å². The fourth-order valence-electron chi connectivity index (χ4n) is 2.69. The lowest BCUT2D eigenvalue weighted by molar-refractivity contribution is -0.111. The topological polar surface area (TPSA) is 66.5 Å². The van der Waals surface area contributed by atoms with Crippen molar-refractivity contribution in [3.63, 3.8) is 0 Å². The Labute approximate surface area is 161 Å². The van der Waals surface area contributed by atoms with E-state index >= 15 is 0 Å². The minimum atomic E-state index is -3.59. The first kappa shape index (κ1) is 20.9. The third kappa shape index (κ3) is 5.28. The fourth-order valence-corrected chi connectivity index (χ4v) is 4.40. The first-order valence-corrected chi connectivity index (χ1v) is 10.4. The third-order valence-electron chi connectivity index (χ3n) is 4.28. The summed E-state index contributed by atoms with van der Waals surface area (Å²) in [6, 6.07) is 12.7. The van der Waals surface area contributed by atoms with Crippen LogP contribution in [0, 0.1) is 13.8 Å². The molecule has 2 aromatic carbocycles. The smallest absolute Gasteiger partial charge is 0.248 e. The number of anilines is 1. The third-order valence-corrected chi connectivity index (χ3v) is 6.48. The molecule has 0 heterocycles. The van der Waals surface area contributed by atoms with Gasteiger partial charge in [0.25, 0.3) is 0 Å². The molecule has 0 unspecified atom stereocenters. The lowest BCUT2D eigenvalue weighted by Gasteiger charge is -2.20. The molecule has 27 heavy (non-hydrogen) atoms. The van der Waals surface area contributed by atoms with Crippen molar-refractivity contribution < 1.29 is 13.2 Å². The van der Waals surface area contributed by atoms with Crippen molar-refractivity contribution in [3.05, 3.63) is 65.2 Å². The maximum Gasteiger partial charge on any atom is 0.248 e. The first-order chi connectivity index (χ1) is 12.8. The summed E-state index contributed by atoms with van der Waals surface area (Å²) in [5.74, 6) is -0.314. The summed E-state index contributed by atoms with van der Waals surface area (Å²) in [6.45, 7) is 8.15. The Morgan fingerprint density at radius 1 is 1.04 bits per heavy atom. The molecule has 0 aliphatic carbocycles. The van der Waals surface area contributed by atoms with Crippen molar-refractivity contribution in [1.82, 2.24) is 4.31 Å². The number of hydrogen-bond acceptors (Lipinski definition) is 3. The fraction of sp³-hybridized carbons (Fsp3) is 0.286. The second-order valence-corrected chi connectivity index (χ2v) is 8.21. The molecule has 0 atom stereocenters. The monoisotopic (exact) mass is 386 g/mol. The molecule has 6 heteroatoms. The molecular weight excluding hydrogens is 360 g/mol. The molecule has 2 rings (SSSR count). The van der Waals surface area contributed by atoms with Crippen LogP contribution in [0.1, 0.15) is 30.5 Å². The van der Waals surface area contributed by atoms with Gasteiger partial charge in [-0.2, -0.15) is 4.31 Å². The molecule has 0 fully saturated rings. The number of nitrogens with zero attached hydrogens (tertiary/aromatic N) is 1. The predicted octanol–water partition coefficient (Wildman–Crippen LogP) is 3.99. The van der Waals surface area contributed by atoms with Gasteiger partial charge in [0.2, 0.25) is 15.9 Å². The lowest BCUT2D eigenvalue weighted by atomic mass is 10.1. The van der Waals surface area contributed by atoms with Gasteiger partial charge in [0, 0.05) is 24.9 Å². The Balaban J connectivity index is 2.20. The summed E-state index contributed by atoms with van der Waals surface area (Å²) in [5.41, 5.74) is 3.17. The van der Waals surface area contributed by atoms with Crippen molar-refractivity contribution in [2.24, 2.45) is 0 Å². The van der Waals surface area contributed by atoms with Crippen LogP contribution in [-0.4, -0.2) is 31.7 Å². The molecule has 0 radical (unpaired) electrons. The molecule has 5 nitrogen and oxygen atoms in total. The SMILES string of the molecule is CCN(CC)S(=O)(=O)c1cc(NC(=O)/C=C/c2ccc(C)cc2)ccc1C. The largest absolute Gasteiger partial charge is 0.322 e. The summed E-state index contributed by atoms with van der Waals surface area (Å²) in [6.07, 6.45) is 3.15. The maximum atomic E-state index is 12.8. The van der Waals surface area contributed by atoms with Crippen LogP contribution >= 0.6 is 0 Å². The number of amides is 1. The van der Waals surface area contributed by atoms with E-state index in [-0.39, 0.29) is 10.8 Å². The van der Waals surface area contributed by atoms with Crippen LogP contribution in [0.3, 0.4) is 0 Å². The van der Waals surface area contributed by atoms with Gasteiger partial charge >= 0.3 is 0 Å². The van der Waals surface area contributed by atoms with E-state index in [4.69, 9.17) is 0 Å². The molecule has 0 saturated carbocycles. The molecule has 2 aromatic rings. The molecule has 1 N–H and O–H groups in total. The Hall–Kier alpha value is -2.44. The van der Waals surface area contributed by atoms with Crippen LogP contribution in [0.25, 0.3) is 6.08 Å².